The van der Waals surface area contributed by atoms with E-state index < -0.39 is 0 Å². The number of nitrogen functional groups attached to an aromatic ring is 1. The largest absolute Gasteiger partial charge is 0.476 e. The molecular formula is C14H25N3O2. The Morgan fingerprint density at radius 3 is 2.68 bits per heavy atom. The zero-order valence-corrected chi connectivity index (χ0v) is 12.3. The number of pyridine rings is 1. The van der Waals surface area contributed by atoms with E-state index in [1.807, 2.05) is 12.1 Å². The minimum Gasteiger partial charge on any atom is -0.476 e. The van der Waals surface area contributed by atoms with Crippen LogP contribution in [-0.4, -0.2) is 38.4 Å². The van der Waals surface area contributed by atoms with Crippen LogP contribution in [0.5, 0.6) is 5.88 Å². The molecule has 1 rings (SSSR count). The number of nitrogens with zero attached hydrogens (tertiary/aromatic N) is 2. The monoisotopic (exact) mass is 267 g/mol. The molecule has 2 N–H and O–H groups in total. The standard InChI is InChI=1S/C14H25N3O2/c1-5-17(8-9-18-4)13-7-6-12(15)14(16-13)19-10-11(2)3/h6-7,11H,5,8-10,15H2,1-4H3. The molecule has 0 aliphatic heterocycles. The van der Waals surface area contributed by atoms with E-state index in [-0.39, 0.29) is 0 Å². The minimum atomic E-state index is 0.445. The van der Waals surface area contributed by atoms with Gasteiger partial charge in [0.2, 0.25) is 5.88 Å². The summed E-state index contributed by atoms with van der Waals surface area (Å²) in [5.41, 5.74) is 6.46. The first-order valence-electron chi connectivity index (χ1n) is 6.71. The van der Waals surface area contributed by atoms with E-state index in [0.29, 0.717) is 30.7 Å². The fourth-order valence-corrected chi connectivity index (χ4v) is 1.61. The van der Waals surface area contributed by atoms with Crippen molar-refractivity contribution in [3.63, 3.8) is 0 Å². The zero-order valence-electron chi connectivity index (χ0n) is 12.3. The van der Waals surface area contributed by atoms with Crippen LogP contribution in [0.25, 0.3) is 0 Å². The average molecular weight is 267 g/mol. The van der Waals surface area contributed by atoms with Gasteiger partial charge in [0.25, 0.3) is 0 Å². The molecule has 0 radical (unpaired) electrons. The topological polar surface area (TPSA) is 60.6 Å². The molecule has 108 valence electrons. The van der Waals surface area contributed by atoms with E-state index in [1.165, 1.54) is 0 Å². The van der Waals surface area contributed by atoms with Crippen molar-refractivity contribution in [3.05, 3.63) is 12.1 Å². The maximum atomic E-state index is 5.89. The van der Waals surface area contributed by atoms with Crippen LogP contribution < -0.4 is 15.4 Å². The second kappa shape index (κ2) is 7.84. The molecule has 5 nitrogen and oxygen atoms in total. The Balaban J connectivity index is 2.80. The van der Waals surface area contributed by atoms with E-state index in [0.717, 1.165) is 18.9 Å². The second-order valence-electron chi connectivity index (χ2n) is 4.84. The van der Waals surface area contributed by atoms with Crippen molar-refractivity contribution in [2.45, 2.75) is 20.8 Å². The van der Waals surface area contributed by atoms with Crippen molar-refractivity contribution in [1.82, 2.24) is 4.98 Å². The summed E-state index contributed by atoms with van der Waals surface area (Å²) in [7, 11) is 1.70. The lowest BCUT2D eigenvalue weighted by molar-refractivity contribution is 0.205. The molecule has 0 aliphatic rings. The summed E-state index contributed by atoms with van der Waals surface area (Å²) in [6.07, 6.45) is 0. The van der Waals surface area contributed by atoms with E-state index in [4.69, 9.17) is 15.2 Å². The predicted molar refractivity (Wildman–Crippen MR) is 78.7 cm³/mol. The third-order valence-electron chi connectivity index (χ3n) is 2.70. The van der Waals surface area contributed by atoms with Gasteiger partial charge < -0.3 is 20.1 Å². The Hall–Kier alpha value is -1.49. The molecule has 1 aromatic heterocycles. The first-order chi connectivity index (χ1) is 9.08. The van der Waals surface area contributed by atoms with Gasteiger partial charge in [0.1, 0.15) is 5.82 Å². The van der Waals surface area contributed by atoms with Crippen molar-refractivity contribution < 1.29 is 9.47 Å². The summed E-state index contributed by atoms with van der Waals surface area (Å²) in [5, 5.41) is 0. The molecule has 0 unspecified atom stereocenters. The Morgan fingerprint density at radius 2 is 2.11 bits per heavy atom. The lowest BCUT2D eigenvalue weighted by Crippen LogP contribution is -2.27. The fraction of sp³-hybridized carbons (Fsp3) is 0.643. The lowest BCUT2D eigenvalue weighted by atomic mass is 10.2. The van der Waals surface area contributed by atoms with Crippen LogP contribution in [0.4, 0.5) is 11.5 Å². The van der Waals surface area contributed by atoms with Gasteiger partial charge in [-0.3, -0.25) is 0 Å². The van der Waals surface area contributed by atoms with Crippen molar-refractivity contribution in [2.75, 3.05) is 44.0 Å². The van der Waals surface area contributed by atoms with Gasteiger partial charge >= 0.3 is 0 Å². The number of aromatic nitrogens is 1. The van der Waals surface area contributed by atoms with E-state index >= 15 is 0 Å². The van der Waals surface area contributed by atoms with Crippen LogP contribution in [-0.2, 0) is 4.74 Å². The Morgan fingerprint density at radius 1 is 1.37 bits per heavy atom. The summed E-state index contributed by atoms with van der Waals surface area (Å²) in [5.74, 6) is 1.83. The highest BCUT2D eigenvalue weighted by atomic mass is 16.5. The van der Waals surface area contributed by atoms with Gasteiger partial charge in [-0.05, 0) is 25.0 Å². The summed E-state index contributed by atoms with van der Waals surface area (Å²) in [6.45, 7) is 9.22. The minimum absolute atomic E-state index is 0.445. The highest BCUT2D eigenvalue weighted by Gasteiger charge is 2.10. The summed E-state index contributed by atoms with van der Waals surface area (Å²) >= 11 is 0. The molecule has 5 heteroatoms. The maximum absolute atomic E-state index is 5.89. The number of likely N-dealkylation sites (N-methyl/N-ethyl adjacent to an activating group) is 1. The third-order valence-corrected chi connectivity index (χ3v) is 2.70. The zero-order chi connectivity index (χ0) is 14.3. The molecule has 0 amide bonds. The molecule has 0 fully saturated rings. The van der Waals surface area contributed by atoms with Crippen LogP contribution >= 0.6 is 0 Å². The van der Waals surface area contributed by atoms with Gasteiger partial charge in [0.15, 0.2) is 0 Å². The molecule has 0 atom stereocenters. The smallest absolute Gasteiger partial charge is 0.239 e. The molecule has 19 heavy (non-hydrogen) atoms. The fourth-order valence-electron chi connectivity index (χ4n) is 1.61. The molecule has 1 heterocycles. The number of rotatable bonds is 8. The SMILES string of the molecule is CCN(CCOC)c1ccc(N)c(OCC(C)C)n1. The third kappa shape index (κ3) is 4.95. The van der Waals surface area contributed by atoms with Gasteiger partial charge in [-0.25, -0.2) is 0 Å². The number of methoxy groups -OCH3 is 1. The van der Waals surface area contributed by atoms with Gasteiger partial charge in [-0.1, -0.05) is 13.8 Å². The molecule has 0 saturated heterocycles. The summed E-state index contributed by atoms with van der Waals surface area (Å²) < 4.78 is 10.7. The molecule has 0 aromatic carbocycles. The second-order valence-corrected chi connectivity index (χ2v) is 4.84. The summed E-state index contributed by atoms with van der Waals surface area (Å²) in [4.78, 5) is 6.62. The van der Waals surface area contributed by atoms with Gasteiger partial charge in [0.05, 0.1) is 18.9 Å². The highest BCUT2D eigenvalue weighted by molar-refractivity contribution is 5.54. The van der Waals surface area contributed by atoms with Crippen molar-refractivity contribution >= 4 is 11.5 Å². The van der Waals surface area contributed by atoms with Gasteiger partial charge in [-0.15, -0.1) is 0 Å². The number of anilines is 2. The predicted octanol–water partition coefficient (Wildman–Crippen LogP) is 2.17. The summed E-state index contributed by atoms with van der Waals surface area (Å²) in [6, 6.07) is 3.75. The van der Waals surface area contributed by atoms with Gasteiger partial charge in [0, 0.05) is 20.2 Å². The van der Waals surface area contributed by atoms with Crippen molar-refractivity contribution in [2.24, 2.45) is 5.92 Å². The van der Waals surface area contributed by atoms with Crippen LogP contribution in [0, 0.1) is 5.92 Å². The molecular weight excluding hydrogens is 242 g/mol. The lowest BCUT2D eigenvalue weighted by Gasteiger charge is -2.22. The average Bonchev–Trinajstić information content (AvgIpc) is 2.39. The number of nitrogens with two attached hydrogens (primary N) is 1. The van der Waals surface area contributed by atoms with Crippen molar-refractivity contribution in [1.29, 1.82) is 0 Å². The van der Waals surface area contributed by atoms with E-state index in [9.17, 15) is 0 Å². The molecule has 0 spiro atoms. The number of hydrogen-bond acceptors (Lipinski definition) is 5. The molecule has 0 saturated carbocycles. The first-order valence-corrected chi connectivity index (χ1v) is 6.71. The molecule has 1 aromatic rings. The molecule has 0 aliphatic carbocycles. The Labute approximate surface area is 115 Å². The highest BCUT2D eigenvalue weighted by Crippen LogP contribution is 2.23. The van der Waals surface area contributed by atoms with E-state index in [1.54, 1.807) is 7.11 Å². The van der Waals surface area contributed by atoms with Crippen molar-refractivity contribution in [3.8, 4) is 5.88 Å². The Bertz CT molecular complexity index is 383. The van der Waals surface area contributed by atoms with Gasteiger partial charge in [-0.2, -0.15) is 4.98 Å². The van der Waals surface area contributed by atoms with E-state index in [2.05, 4.69) is 30.7 Å². The molecule has 0 bridgehead atoms. The van der Waals surface area contributed by atoms with Crippen LogP contribution in [0.15, 0.2) is 12.1 Å². The normalized spacial score (nSPS) is 10.8. The Kier molecular flexibility index (Phi) is 6.42. The number of ether oxygens (including phenoxy) is 2. The van der Waals surface area contributed by atoms with Crippen LogP contribution in [0.1, 0.15) is 20.8 Å². The quantitative estimate of drug-likeness (QED) is 0.782. The van der Waals surface area contributed by atoms with Crippen LogP contribution in [0.3, 0.4) is 0 Å². The maximum Gasteiger partial charge on any atom is 0.239 e. The number of hydrogen-bond donors (Lipinski definition) is 1. The first kappa shape index (κ1) is 15.6. The van der Waals surface area contributed by atoms with Crippen LogP contribution in [0.2, 0.25) is 0 Å².